The lowest BCUT2D eigenvalue weighted by Crippen LogP contribution is -1.95. The monoisotopic (exact) mass is 237 g/mol. The number of hydrogen-bond acceptors (Lipinski definition) is 3. The highest BCUT2D eigenvalue weighted by Gasteiger charge is 2.15. The Labute approximate surface area is 95.2 Å². The average molecular weight is 237 g/mol. The fraction of sp³-hybridized carbons (Fsp3) is 0.0909. The molecule has 0 unspecified atom stereocenters. The van der Waals surface area contributed by atoms with Gasteiger partial charge in [-0.25, -0.2) is 9.18 Å². The number of rotatable bonds is 2. The molecule has 2 aromatic rings. The van der Waals surface area contributed by atoms with Crippen LogP contribution in [0.3, 0.4) is 0 Å². The predicted octanol–water partition coefficient (Wildman–Crippen LogP) is 2.96. The summed E-state index contributed by atoms with van der Waals surface area (Å²) in [4.78, 5) is 16.1. The fourth-order valence-electron chi connectivity index (χ4n) is 1.42. The third-order valence-electron chi connectivity index (χ3n) is 2.05. The first kappa shape index (κ1) is 10.8. The van der Waals surface area contributed by atoms with E-state index in [4.69, 9.17) is 5.11 Å². The number of carboxylic acids is 1. The summed E-state index contributed by atoms with van der Waals surface area (Å²) < 4.78 is 13.0. The van der Waals surface area contributed by atoms with Crippen molar-refractivity contribution in [3.63, 3.8) is 0 Å². The Morgan fingerprint density at radius 2 is 2.19 bits per heavy atom. The molecular weight excluding hydrogens is 229 g/mol. The number of aromatic nitrogens is 1. The van der Waals surface area contributed by atoms with Crippen LogP contribution in [0.1, 0.15) is 15.2 Å². The second-order valence-electron chi connectivity index (χ2n) is 3.30. The quantitative estimate of drug-likeness (QED) is 0.873. The lowest BCUT2D eigenvalue weighted by molar-refractivity contribution is 0.0698. The Kier molecular flexibility index (Phi) is 2.70. The minimum atomic E-state index is -1.01. The zero-order valence-corrected chi connectivity index (χ0v) is 9.21. The van der Waals surface area contributed by atoms with Gasteiger partial charge in [0.15, 0.2) is 0 Å². The molecule has 0 saturated heterocycles. The van der Waals surface area contributed by atoms with Crippen molar-refractivity contribution >= 4 is 17.3 Å². The van der Waals surface area contributed by atoms with Crippen LogP contribution in [0.25, 0.3) is 10.4 Å². The van der Waals surface area contributed by atoms with E-state index in [9.17, 15) is 9.18 Å². The number of nitrogens with zero attached hydrogens (tertiary/aromatic N) is 1. The summed E-state index contributed by atoms with van der Waals surface area (Å²) in [5.41, 5.74) is 0.686. The highest BCUT2D eigenvalue weighted by Crippen LogP contribution is 2.32. The number of aromatic carboxylic acids is 1. The maximum Gasteiger partial charge on any atom is 0.337 e. The Morgan fingerprint density at radius 3 is 2.81 bits per heavy atom. The summed E-state index contributed by atoms with van der Waals surface area (Å²) in [5.74, 6) is -1.48. The van der Waals surface area contributed by atoms with Crippen LogP contribution in [0.15, 0.2) is 24.5 Å². The standard InChI is InChI=1S/C11H8FNO2S/c1-6-2-9(11(14)15)10(16-6)7-3-8(12)5-13-4-7/h2-5H,1H3,(H,14,15). The molecule has 2 heterocycles. The van der Waals surface area contributed by atoms with Gasteiger partial charge in [0.25, 0.3) is 0 Å². The minimum absolute atomic E-state index is 0.190. The Morgan fingerprint density at radius 1 is 1.44 bits per heavy atom. The van der Waals surface area contributed by atoms with Crippen LogP contribution in [-0.2, 0) is 0 Å². The highest BCUT2D eigenvalue weighted by molar-refractivity contribution is 7.15. The zero-order valence-electron chi connectivity index (χ0n) is 8.40. The van der Waals surface area contributed by atoms with Crippen molar-refractivity contribution in [1.82, 2.24) is 4.98 Å². The van der Waals surface area contributed by atoms with Crippen molar-refractivity contribution in [3.05, 3.63) is 40.8 Å². The number of hydrogen-bond donors (Lipinski definition) is 1. The van der Waals surface area contributed by atoms with Crippen molar-refractivity contribution in [2.24, 2.45) is 0 Å². The van der Waals surface area contributed by atoms with Gasteiger partial charge in [-0.2, -0.15) is 0 Å². The first-order chi connectivity index (χ1) is 7.58. The lowest BCUT2D eigenvalue weighted by atomic mass is 10.1. The van der Waals surface area contributed by atoms with Gasteiger partial charge in [0.2, 0.25) is 0 Å². The number of aryl methyl sites for hydroxylation is 1. The summed E-state index contributed by atoms with van der Waals surface area (Å²) in [6, 6.07) is 2.86. The second-order valence-corrected chi connectivity index (χ2v) is 4.55. The van der Waals surface area contributed by atoms with Gasteiger partial charge >= 0.3 is 5.97 Å². The van der Waals surface area contributed by atoms with Gasteiger partial charge in [0.1, 0.15) is 5.82 Å². The van der Waals surface area contributed by atoms with Gasteiger partial charge in [0, 0.05) is 16.6 Å². The molecule has 0 bridgehead atoms. The van der Waals surface area contributed by atoms with Gasteiger partial charge in [-0.15, -0.1) is 11.3 Å². The van der Waals surface area contributed by atoms with E-state index in [1.54, 1.807) is 6.07 Å². The molecule has 16 heavy (non-hydrogen) atoms. The van der Waals surface area contributed by atoms with E-state index in [1.165, 1.54) is 23.6 Å². The molecular formula is C11H8FNO2S. The van der Waals surface area contributed by atoms with Crippen molar-refractivity contribution in [3.8, 4) is 10.4 Å². The molecule has 0 spiro atoms. The summed E-state index contributed by atoms with van der Waals surface area (Å²) in [6.07, 6.45) is 2.55. The molecule has 0 aliphatic carbocycles. The second kappa shape index (κ2) is 4.02. The molecule has 0 saturated carbocycles. The average Bonchev–Trinajstić information content (AvgIpc) is 2.60. The number of carboxylic acid groups (broad SMARTS) is 1. The Bertz CT molecular complexity index is 551. The molecule has 82 valence electrons. The SMILES string of the molecule is Cc1cc(C(=O)O)c(-c2cncc(F)c2)s1. The summed E-state index contributed by atoms with van der Waals surface area (Å²) >= 11 is 1.32. The highest BCUT2D eigenvalue weighted by atomic mass is 32.1. The normalized spacial score (nSPS) is 10.4. The van der Waals surface area contributed by atoms with Crippen molar-refractivity contribution in [2.45, 2.75) is 6.92 Å². The maximum atomic E-state index is 13.0. The largest absolute Gasteiger partial charge is 0.478 e. The van der Waals surface area contributed by atoms with Crippen molar-refractivity contribution < 1.29 is 14.3 Å². The first-order valence-corrected chi connectivity index (χ1v) is 5.34. The fourth-order valence-corrected chi connectivity index (χ4v) is 2.41. The Balaban J connectivity index is 2.59. The van der Waals surface area contributed by atoms with Crippen LogP contribution in [0.4, 0.5) is 4.39 Å². The van der Waals surface area contributed by atoms with E-state index in [2.05, 4.69) is 4.98 Å². The van der Waals surface area contributed by atoms with E-state index < -0.39 is 11.8 Å². The number of pyridine rings is 1. The molecule has 0 aliphatic heterocycles. The molecule has 0 radical (unpaired) electrons. The van der Waals surface area contributed by atoms with E-state index in [-0.39, 0.29) is 5.56 Å². The molecule has 0 fully saturated rings. The number of halogens is 1. The van der Waals surface area contributed by atoms with Crippen LogP contribution in [0.5, 0.6) is 0 Å². The van der Waals surface area contributed by atoms with E-state index in [0.29, 0.717) is 10.4 Å². The molecule has 0 amide bonds. The van der Waals surface area contributed by atoms with Crippen LogP contribution in [0, 0.1) is 12.7 Å². The van der Waals surface area contributed by atoms with E-state index in [1.807, 2.05) is 6.92 Å². The number of carbonyl (C=O) groups is 1. The van der Waals surface area contributed by atoms with Crippen molar-refractivity contribution in [1.29, 1.82) is 0 Å². The van der Waals surface area contributed by atoms with Gasteiger partial charge in [0.05, 0.1) is 16.6 Å². The van der Waals surface area contributed by atoms with Crippen LogP contribution in [0.2, 0.25) is 0 Å². The Hall–Kier alpha value is -1.75. The summed E-state index contributed by atoms with van der Waals surface area (Å²) in [5, 5.41) is 9.00. The predicted molar refractivity (Wildman–Crippen MR) is 59.2 cm³/mol. The third kappa shape index (κ3) is 1.94. The molecule has 2 rings (SSSR count). The maximum absolute atomic E-state index is 13.0. The smallest absolute Gasteiger partial charge is 0.337 e. The molecule has 5 heteroatoms. The van der Waals surface area contributed by atoms with Gasteiger partial charge in [-0.3, -0.25) is 4.98 Å². The minimum Gasteiger partial charge on any atom is -0.478 e. The molecule has 0 aromatic carbocycles. The molecule has 1 N–H and O–H groups in total. The van der Waals surface area contributed by atoms with Gasteiger partial charge in [-0.05, 0) is 19.1 Å². The molecule has 0 aliphatic rings. The van der Waals surface area contributed by atoms with Gasteiger partial charge in [-0.1, -0.05) is 0 Å². The summed E-state index contributed by atoms with van der Waals surface area (Å²) in [6.45, 7) is 1.81. The first-order valence-electron chi connectivity index (χ1n) is 4.52. The summed E-state index contributed by atoms with van der Waals surface area (Å²) in [7, 11) is 0. The molecule has 0 atom stereocenters. The van der Waals surface area contributed by atoms with Gasteiger partial charge < -0.3 is 5.11 Å². The van der Waals surface area contributed by atoms with E-state index in [0.717, 1.165) is 11.1 Å². The lowest BCUT2D eigenvalue weighted by Gasteiger charge is -1.99. The van der Waals surface area contributed by atoms with Crippen LogP contribution >= 0.6 is 11.3 Å². The topological polar surface area (TPSA) is 50.2 Å². The van der Waals surface area contributed by atoms with Crippen molar-refractivity contribution in [2.75, 3.05) is 0 Å². The molecule has 2 aromatic heterocycles. The zero-order chi connectivity index (χ0) is 11.7. The third-order valence-corrected chi connectivity index (χ3v) is 3.15. The van der Waals surface area contributed by atoms with Crippen LogP contribution in [-0.4, -0.2) is 16.1 Å². The number of thiophene rings is 1. The van der Waals surface area contributed by atoms with E-state index >= 15 is 0 Å². The molecule has 3 nitrogen and oxygen atoms in total. The van der Waals surface area contributed by atoms with Crippen LogP contribution < -0.4 is 0 Å².